The Kier molecular flexibility index (Phi) is 10.5. The number of benzene rings is 1. The van der Waals surface area contributed by atoms with Crippen LogP contribution in [0.15, 0.2) is 23.2 Å². The second-order valence-electron chi connectivity index (χ2n) is 5.00. The average molecular weight is 451 g/mol. The van der Waals surface area contributed by atoms with Crippen LogP contribution in [0.1, 0.15) is 12.0 Å². The van der Waals surface area contributed by atoms with Crippen LogP contribution in [-0.4, -0.2) is 53.3 Å². The number of nitrogens with zero attached hydrogens (tertiary/aromatic N) is 1. The zero-order chi connectivity index (χ0) is 16.3. The maximum Gasteiger partial charge on any atom is 0.231 e. The smallest absolute Gasteiger partial charge is 0.231 e. The molecule has 0 radical (unpaired) electrons. The van der Waals surface area contributed by atoms with Crippen molar-refractivity contribution in [3.05, 3.63) is 23.8 Å². The lowest BCUT2D eigenvalue weighted by Crippen LogP contribution is -2.37. The average Bonchev–Trinajstić information content (AvgIpc) is 3.04. The summed E-state index contributed by atoms with van der Waals surface area (Å²) in [6.45, 7) is 3.73. The Balaban J connectivity index is 0.00000288. The molecule has 0 amide bonds. The van der Waals surface area contributed by atoms with Gasteiger partial charge in [-0.25, -0.2) is 0 Å². The predicted octanol–water partition coefficient (Wildman–Crippen LogP) is 1.75. The lowest BCUT2D eigenvalue weighted by molar-refractivity contribution is 0.0698. The van der Waals surface area contributed by atoms with Crippen LogP contribution in [0.2, 0.25) is 0 Å². The van der Waals surface area contributed by atoms with Gasteiger partial charge in [-0.15, -0.1) is 24.0 Å². The number of methoxy groups -OCH3 is 1. The fourth-order valence-electron chi connectivity index (χ4n) is 2.08. The van der Waals surface area contributed by atoms with Crippen molar-refractivity contribution in [2.45, 2.75) is 13.0 Å². The normalized spacial score (nSPS) is 12.7. The van der Waals surface area contributed by atoms with Crippen LogP contribution in [0.3, 0.4) is 0 Å². The molecule has 24 heavy (non-hydrogen) atoms. The molecule has 0 fully saturated rings. The third-order valence-electron chi connectivity index (χ3n) is 3.31. The molecule has 0 bridgehead atoms. The Bertz CT molecular complexity index is 514. The predicted molar refractivity (Wildman–Crippen MR) is 103 cm³/mol. The molecule has 1 aromatic carbocycles. The second-order valence-corrected chi connectivity index (χ2v) is 5.00. The Morgan fingerprint density at radius 1 is 1.17 bits per heavy atom. The van der Waals surface area contributed by atoms with Gasteiger partial charge in [0.15, 0.2) is 17.5 Å². The van der Waals surface area contributed by atoms with E-state index in [1.807, 2.05) is 18.2 Å². The van der Waals surface area contributed by atoms with Gasteiger partial charge in [0, 0.05) is 33.9 Å². The first-order valence-corrected chi connectivity index (χ1v) is 7.73. The first-order valence-electron chi connectivity index (χ1n) is 7.73. The van der Waals surface area contributed by atoms with Crippen LogP contribution in [0.4, 0.5) is 0 Å². The minimum atomic E-state index is 0. The number of nitrogens with one attached hydrogen (secondary N) is 2. The van der Waals surface area contributed by atoms with Gasteiger partial charge in [0.2, 0.25) is 6.79 Å². The fourth-order valence-corrected chi connectivity index (χ4v) is 2.08. The van der Waals surface area contributed by atoms with Gasteiger partial charge in [0.05, 0.1) is 13.2 Å². The molecule has 1 heterocycles. The van der Waals surface area contributed by atoms with E-state index in [0.717, 1.165) is 36.0 Å². The van der Waals surface area contributed by atoms with Crippen molar-refractivity contribution in [2.75, 3.05) is 47.3 Å². The second kappa shape index (κ2) is 12.2. The number of hydrogen-bond acceptors (Lipinski definition) is 5. The maximum absolute atomic E-state index is 5.41. The molecular formula is C16H26IN3O4. The third kappa shape index (κ3) is 7.10. The van der Waals surface area contributed by atoms with E-state index in [0.29, 0.717) is 33.2 Å². The quantitative estimate of drug-likeness (QED) is 0.258. The molecule has 2 rings (SSSR count). The van der Waals surface area contributed by atoms with Gasteiger partial charge in [-0.2, -0.15) is 0 Å². The summed E-state index contributed by atoms with van der Waals surface area (Å²) in [6.07, 6.45) is 0.911. The van der Waals surface area contributed by atoms with Crippen molar-refractivity contribution in [2.24, 2.45) is 4.99 Å². The lowest BCUT2D eigenvalue weighted by Gasteiger charge is -2.12. The Morgan fingerprint density at radius 3 is 2.79 bits per heavy atom. The molecule has 0 saturated carbocycles. The molecule has 136 valence electrons. The summed E-state index contributed by atoms with van der Waals surface area (Å²) in [5.41, 5.74) is 1.11. The van der Waals surface area contributed by atoms with Gasteiger partial charge in [-0.3, -0.25) is 4.99 Å². The summed E-state index contributed by atoms with van der Waals surface area (Å²) in [5, 5.41) is 6.52. The Morgan fingerprint density at radius 2 is 2.00 bits per heavy atom. The highest BCUT2D eigenvalue weighted by Crippen LogP contribution is 2.32. The highest BCUT2D eigenvalue weighted by Gasteiger charge is 2.13. The van der Waals surface area contributed by atoms with Gasteiger partial charge >= 0.3 is 0 Å². The molecule has 8 heteroatoms. The van der Waals surface area contributed by atoms with Crippen LogP contribution in [-0.2, 0) is 16.0 Å². The molecule has 0 spiro atoms. The Hall–Kier alpha value is -1.26. The van der Waals surface area contributed by atoms with E-state index in [1.165, 1.54) is 0 Å². The maximum atomic E-state index is 5.41. The fraction of sp³-hybridized carbons (Fsp3) is 0.562. The van der Waals surface area contributed by atoms with Crippen LogP contribution in [0.5, 0.6) is 11.5 Å². The highest BCUT2D eigenvalue weighted by atomic mass is 127. The molecule has 1 aliphatic heterocycles. The monoisotopic (exact) mass is 451 g/mol. The summed E-state index contributed by atoms with van der Waals surface area (Å²) >= 11 is 0. The lowest BCUT2D eigenvalue weighted by atomic mass is 10.2. The molecule has 2 N–H and O–H groups in total. The van der Waals surface area contributed by atoms with Crippen LogP contribution in [0.25, 0.3) is 0 Å². The summed E-state index contributed by atoms with van der Waals surface area (Å²) < 4.78 is 21.0. The van der Waals surface area contributed by atoms with Crippen molar-refractivity contribution in [3.8, 4) is 11.5 Å². The van der Waals surface area contributed by atoms with E-state index in [4.69, 9.17) is 18.9 Å². The summed E-state index contributed by atoms with van der Waals surface area (Å²) in [4.78, 5) is 4.20. The molecule has 0 saturated heterocycles. The van der Waals surface area contributed by atoms with E-state index in [2.05, 4.69) is 15.6 Å². The molecular weight excluding hydrogens is 425 g/mol. The van der Waals surface area contributed by atoms with Gasteiger partial charge in [-0.1, -0.05) is 6.07 Å². The van der Waals surface area contributed by atoms with Crippen molar-refractivity contribution >= 4 is 29.9 Å². The minimum absolute atomic E-state index is 0. The largest absolute Gasteiger partial charge is 0.454 e. The molecule has 0 unspecified atom stereocenters. The van der Waals surface area contributed by atoms with Crippen molar-refractivity contribution < 1.29 is 18.9 Å². The molecule has 0 aliphatic carbocycles. The Labute approximate surface area is 160 Å². The van der Waals surface area contributed by atoms with Crippen molar-refractivity contribution in [3.63, 3.8) is 0 Å². The highest BCUT2D eigenvalue weighted by molar-refractivity contribution is 14.0. The standard InChI is InChI=1S/C16H25N3O4.HI/c1-17-16(18-6-3-7-21-9-8-20-2)19-11-13-4-5-14-15(10-13)23-12-22-14;/h4-5,10H,3,6-9,11-12H2,1-2H3,(H2,17,18,19);1H. The SMILES string of the molecule is CN=C(NCCCOCCOC)NCc1ccc2c(c1)OCO2.I. The number of aliphatic imine (C=N–C) groups is 1. The summed E-state index contributed by atoms with van der Waals surface area (Å²) in [5.74, 6) is 2.35. The first-order chi connectivity index (χ1) is 11.3. The van der Waals surface area contributed by atoms with Gasteiger partial charge < -0.3 is 29.6 Å². The molecule has 1 aliphatic rings. The number of halogens is 1. The van der Waals surface area contributed by atoms with E-state index >= 15 is 0 Å². The summed E-state index contributed by atoms with van der Waals surface area (Å²) in [6, 6.07) is 5.91. The molecule has 7 nitrogen and oxygen atoms in total. The number of ether oxygens (including phenoxy) is 4. The third-order valence-corrected chi connectivity index (χ3v) is 3.31. The zero-order valence-corrected chi connectivity index (χ0v) is 16.5. The zero-order valence-electron chi connectivity index (χ0n) is 14.2. The first kappa shape index (κ1) is 20.8. The topological polar surface area (TPSA) is 73.3 Å². The number of rotatable bonds is 9. The minimum Gasteiger partial charge on any atom is -0.454 e. The number of hydrogen-bond donors (Lipinski definition) is 2. The van der Waals surface area contributed by atoms with Crippen molar-refractivity contribution in [1.29, 1.82) is 0 Å². The van der Waals surface area contributed by atoms with Gasteiger partial charge in [-0.05, 0) is 24.1 Å². The van der Waals surface area contributed by atoms with Crippen molar-refractivity contribution in [1.82, 2.24) is 10.6 Å². The molecule has 0 atom stereocenters. The van der Waals surface area contributed by atoms with Crippen LogP contribution in [0, 0.1) is 0 Å². The van der Waals surface area contributed by atoms with E-state index in [1.54, 1.807) is 14.2 Å². The van der Waals surface area contributed by atoms with Gasteiger partial charge in [0.25, 0.3) is 0 Å². The van der Waals surface area contributed by atoms with E-state index in [-0.39, 0.29) is 24.0 Å². The molecule has 0 aromatic heterocycles. The van der Waals surface area contributed by atoms with E-state index < -0.39 is 0 Å². The van der Waals surface area contributed by atoms with Crippen LogP contribution < -0.4 is 20.1 Å². The van der Waals surface area contributed by atoms with Gasteiger partial charge in [0.1, 0.15) is 0 Å². The number of guanidine groups is 1. The van der Waals surface area contributed by atoms with E-state index in [9.17, 15) is 0 Å². The summed E-state index contributed by atoms with van der Waals surface area (Å²) in [7, 11) is 3.42. The number of fused-ring (bicyclic) bond motifs is 1. The molecule has 1 aromatic rings. The van der Waals surface area contributed by atoms with Crippen LogP contribution >= 0.6 is 24.0 Å².